The Morgan fingerprint density at radius 1 is 1.39 bits per heavy atom. The molecule has 2 atom stereocenters. The second-order valence-corrected chi connectivity index (χ2v) is 4.58. The van der Waals surface area contributed by atoms with E-state index in [2.05, 4.69) is 0 Å². The molecule has 0 aliphatic heterocycles. The fourth-order valence-corrected chi connectivity index (χ4v) is 2.57. The quantitative estimate of drug-likeness (QED) is 0.924. The van der Waals surface area contributed by atoms with Crippen LogP contribution in [0.15, 0.2) is 28.9 Å². The van der Waals surface area contributed by atoms with Crippen LogP contribution in [0.5, 0.6) is 5.75 Å². The Kier molecular flexibility index (Phi) is 3.83. The summed E-state index contributed by atoms with van der Waals surface area (Å²) in [6.07, 6.45) is 2.91. The van der Waals surface area contributed by atoms with Crippen LogP contribution in [-0.2, 0) is 0 Å². The number of fused-ring (bicyclic) bond motifs is 1. The van der Waals surface area contributed by atoms with E-state index in [0.29, 0.717) is 18.4 Å². The molecule has 98 valence electrons. The molecule has 18 heavy (non-hydrogen) atoms. The Balaban J connectivity index is 0.00000120. The molecular weight excluding hydrogens is 250 g/mol. The van der Waals surface area contributed by atoms with Gasteiger partial charge in [0.05, 0.1) is 12.9 Å². The van der Waals surface area contributed by atoms with Crippen molar-refractivity contribution in [3.05, 3.63) is 30.0 Å². The van der Waals surface area contributed by atoms with Crippen molar-refractivity contribution in [1.82, 2.24) is 0 Å². The lowest BCUT2D eigenvalue weighted by molar-refractivity contribution is 0.337. The zero-order valence-corrected chi connectivity index (χ0v) is 11.2. The zero-order chi connectivity index (χ0) is 11.8. The first-order valence-corrected chi connectivity index (χ1v) is 6.18. The summed E-state index contributed by atoms with van der Waals surface area (Å²) in [6, 6.07) is 6.01. The summed E-state index contributed by atoms with van der Waals surface area (Å²) in [7, 11) is 0. The van der Waals surface area contributed by atoms with E-state index in [4.69, 9.17) is 14.9 Å². The standard InChI is InChI=1S/C14H17NO2.ClH/c1-2-16-13-4-3-12-10(5-6-17-12)14(13)11-7-9(11)8-15;/h3-6,9,11H,2,7-8,15H2,1H3;1H/t9-,11+;/m0./s1. The molecule has 0 saturated heterocycles. The van der Waals surface area contributed by atoms with Crippen LogP contribution < -0.4 is 10.5 Å². The highest BCUT2D eigenvalue weighted by Gasteiger charge is 2.40. The van der Waals surface area contributed by atoms with Gasteiger partial charge in [-0.05, 0) is 49.9 Å². The van der Waals surface area contributed by atoms with Gasteiger partial charge < -0.3 is 14.9 Å². The Morgan fingerprint density at radius 2 is 2.22 bits per heavy atom. The van der Waals surface area contributed by atoms with Gasteiger partial charge in [0.15, 0.2) is 0 Å². The van der Waals surface area contributed by atoms with Gasteiger partial charge in [-0.3, -0.25) is 0 Å². The molecule has 0 unspecified atom stereocenters. The van der Waals surface area contributed by atoms with Crippen LogP contribution in [0.3, 0.4) is 0 Å². The summed E-state index contributed by atoms with van der Waals surface area (Å²) in [6.45, 7) is 3.46. The molecule has 0 spiro atoms. The third-order valence-electron chi connectivity index (χ3n) is 3.53. The molecule has 4 heteroatoms. The molecule has 1 aromatic carbocycles. The van der Waals surface area contributed by atoms with Gasteiger partial charge in [0.25, 0.3) is 0 Å². The van der Waals surface area contributed by atoms with Gasteiger partial charge >= 0.3 is 0 Å². The topological polar surface area (TPSA) is 48.4 Å². The maximum Gasteiger partial charge on any atom is 0.134 e. The Morgan fingerprint density at radius 3 is 2.89 bits per heavy atom. The summed E-state index contributed by atoms with van der Waals surface area (Å²) in [5.41, 5.74) is 7.96. The van der Waals surface area contributed by atoms with Crippen LogP contribution in [0.4, 0.5) is 0 Å². The minimum Gasteiger partial charge on any atom is -0.494 e. The van der Waals surface area contributed by atoms with Crippen molar-refractivity contribution in [2.24, 2.45) is 11.7 Å². The average Bonchev–Trinajstić information content (AvgIpc) is 2.96. The van der Waals surface area contributed by atoms with Gasteiger partial charge in [-0.25, -0.2) is 0 Å². The fourth-order valence-electron chi connectivity index (χ4n) is 2.57. The van der Waals surface area contributed by atoms with Crippen LogP contribution in [-0.4, -0.2) is 13.2 Å². The van der Waals surface area contributed by atoms with Gasteiger partial charge in [0, 0.05) is 10.9 Å². The normalized spacial score (nSPS) is 21.7. The molecular formula is C14H18ClNO2. The second-order valence-electron chi connectivity index (χ2n) is 4.58. The minimum absolute atomic E-state index is 0. The van der Waals surface area contributed by atoms with E-state index in [1.807, 2.05) is 25.1 Å². The van der Waals surface area contributed by atoms with Crippen LogP contribution in [0.25, 0.3) is 11.0 Å². The first-order valence-electron chi connectivity index (χ1n) is 6.18. The van der Waals surface area contributed by atoms with Crippen molar-refractivity contribution in [1.29, 1.82) is 0 Å². The third kappa shape index (κ3) is 2.08. The van der Waals surface area contributed by atoms with Gasteiger partial charge in [-0.15, -0.1) is 12.4 Å². The number of benzene rings is 1. The Labute approximate surface area is 113 Å². The molecule has 1 fully saturated rings. The van der Waals surface area contributed by atoms with Gasteiger partial charge in [0.2, 0.25) is 0 Å². The van der Waals surface area contributed by atoms with Crippen LogP contribution >= 0.6 is 12.4 Å². The fraction of sp³-hybridized carbons (Fsp3) is 0.429. The van der Waals surface area contributed by atoms with E-state index in [9.17, 15) is 0 Å². The molecule has 0 bridgehead atoms. The number of halogens is 1. The number of nitrogens with two attached hydrogens (primary N) is 1. The zero-order valence-electron chi connectivity index (χ0n) is 10.4. The number of ether oxygens (including phenoxy) is 1. The summed E-state index contributed by atoms with van der Waals surface area (Å²) in [5.74, 6) is 2.14. The lowest BCUT2D eigenvalue weighted by Crippen LogP contribution is -2.03. The molecule has 3 nitrogen and oxygen atoms in total. The van der Waals surface area contributed by atoms with E-state index in [0.717, 1.165) is 17.9 Å². The second kappa shape index (κ2) is 5.21. The Hall–Kier alpha value is -1.19. The lowest BCUT2D eigenvalue weighted by atomic mass is 10.0. The molecule has 1 aromatic heterocycles. The molecule has 1 heterocycles. The molecule has 2 N–H and O–H groups in total. The molecule has 1 aliphatic carbocycles. The smallest absolute Gasteiger partial charge is 0.134 e. The maximum atomic E-state index is 5.74. The Bertz CT molecular complexity index is 538. The summed E-state index contributed by atoms with van der Waals surface area (Å²) < 4.78 is 11.2. The highest BCUT2D eigenvalue weighted by atomic mass is 35.5. The SMILES string of the molecule is CCOc1ccc2occc2c1[C@@H]1C[C@H]1CN.Cl. The lowest BCUT2D eigenvalue weighted by Gasteiger charge is -2.10. The first kappa shape index (κ1) is 13.2. The van der Waals surface area contributed by atoms with Crippen molar-refractivity contribution in [3.63, 3.8) is 0 Å². The molecule has 2 aromatic rings. The number of furan rings is 1. The van der Waals surface area contributed by atoms with Gasteiger partial charge in [-0.2, -0.15) is 0 Å². The van der Waals surface area contributed by atoms with E-state index in [1.165, 1.54) is 17.4 Å². The maximum absolute atomic E-state index is 5.74. The molecule has 0 amide bonds. The summed E-state index contributed by atoms with van der Waals surface area (Å²) >= 11 is 0. The summed E-state index contributed by atoms with van der Waals surface area (Å²) in [5, 5.41) is 1.18. The van der Waals surface area contributed by atoms with Crippen LogP contribution in [0, 0.1) is 5.92 Å². The van der Waals surface area contributed by atoms with Crippen molar-refractivity contribution in [3.8, 4) is 5.75 Å². The van der Waals surface area contributed by atoms with E-state index >= 15 is 0 Å². The number of hydrogen-bond acceptors (Lipinski definition) is 3. The molecule has 0 radical (unpaired) electrons. The largest absolute Gasteiger partial charge is 0.494 e. The van der Waals surface area contributed by atoms with Crippen LogP contribution in [0.1, 0.15) is 24.8 Å². The predicted molar refractivity (Wildman–Crippen MR) is 74.5 cm³/mol. The van der Waals surface area contributed by atoms with Crippen molar-refractivity contribution in [2.75, 3.05) is 13.2 Å². The number of hydrogen-bond donors (Lipinski definition) is 1. The minimum atomic E-state index is 0. The molecule has 1 saturated carbocycles. The van der Waals surface area contributed by atoms with E-state index < -0.39 is 0 Å². The number of rotatable bonds is 4. The predicted octanol–water partition coefficient (Wildman–Crippen LogP) is 3.32. The monoisotopic (exact) mass is 267 g/mol. The van der Waals surface area contributed by atoms with Crippen molar-refractivity contribution < 1.29 is 9.15 Å². The average molecular weight is 268 g/mol. The van der Waals surface area contributed by atoms with E-state index in [-0.39, 0.29) is 12.4 Å². The van der Waals surface area contributed by atoms with Crippen molar-refractivity contribution >= 4 is 23.4 Å². The van der Waals surface area contributed by atoms with Gasteiger partial charge in [-0.1, -0.05) is 0 Å². The first-order chi connectivity index (χ1) is 8.35. The van der Waals surface area contributed by atoms with Gasteiger partial charge in [0.1, 0.15) is 11.3 Å². The molecule has 3 rings (SSSR count). The summed E-state index contributed by atoms with van der Waals surface area (Å²) in [4.78, 5) is 0. The molecule has 1 aliphatic rings. The van der Waals surface area contributed by atoms with Crippen molar-refractivity contribution in [2.45, 2.75) is 19.3 Å². The third-order valence-corrected chi connectivity index (χ3v) is 3.53. The highest BCUT2D eigenvalue weighted by Crippen LogP contribution is 2.52. The van der Waals surface area contributed by atoms with E-state index in [1.54, 1.807) is 6.26 Å². The van der Waals surface area contributed by atoms with Crippen LogP contribution in [0.2, 0.25) is 0 Å². The highest BCUT2D eigenvalue weighted by molar-refractivity contribution is 5.85.